The molecule has 1 aromatic carbocycles. The van der Waals surface area contributed by atoms with Crippen LogP contribution < -0.4 is 10.5 Å². The van der Waals surface area contributed by atoms with Gasteiger partial charge in [-0.15, -0.1) is 0 Å². The van der Waals surface area contributed by atoms with Crippen LogP contribution in [0.5, 0.6) is 5.75 Å². The fourth-order valence-corrected chi connectivity index (χ4v) is 1.88. The van der Waals surface area contributed by atoms with Crippen LogP contribution >= 0.6 is 15.9 Å². The molecular weight excluding hydrogens is 310 g/mol. The Hall–Kier alpha value is -2.08. The summed E-state index contributed by atoms with van der Waals surface area (Å²) in [6.45, 7) is 0.372. The molecule has 6 heteroatoms. The van der Waals surface area contributed by atoms with Crippen LogP contribution in [0.15, 0.2) is 52.2 Å². The number of aromatic nitrogens is 1. The molecule has 0 bridgehead atoms. The SMILES string of the molecule is NC(=NO)c1cc(COc2ccccc2Br)ccn1. The van der Waals surface area contributed by atoms with E-state index in [1.807, 2.05) is 30.3 Å². The Morgan fingerprint density at radius 1 is 1.37 bits per heavy atom. The largest absolute Gasteiger partial charge is 0.488 e. The Balaban J connectivity index is 2.10. The minimum absolute atomic E-state index is 0.0252. The summed E-state index contributed by atoms with van der Waals surface area (Å²) in [5.74, 6) is 0.729. The molecule has 0 atom stereocenters. The topological polar surface area (TPSA) is 80.7 Å². The summed E-state index contributed by atoms with van der Waals surface area (Å²) in [6.07, 6.45) is 1.59. The number of ether oxygens (including phenoxy) is 1. The number of halogens is 1. The summed E-state index contributed by atoms with van der Waals surface area (Å²) in [5.41, 5.74) is 6.78. The summed E-state index contributed by atoms with van der Waals surface area (Å²) in [6, 6.07) is 11.1. The van der Waals surface area contributed by atoms with E-state index >= 15 is 0 Å². The quantitative estimate of drug-likeness (QED) is 0.392. The first-order valence-electron chi connectivity index (χ1n) is 5.51. The van der Waals surface area contributed by atoms with Crippen LogP contribution in [0.25, 0.3) is 0 Å². The molecule has 0 saturated carbocycles. The van der Waals surface area contributed by atoms with Crippen LogP contribution in [0.1, 0.15) is 11.3 Å². The maximum atomic E-state index is 8.61. The van der Waals surface area contributed by atoms with E-state index in [9.17, 15) is 0 Å². The van der Waals surface area contributed by atoms with Crippen molar-refractivity contribution in [1.82, 2.24) is 4.98 Å². The van der Waals surface area contributed by atoms with Crippen molar-refractivity contribution in [3.63, 3.8) is 0 Å². The molecular formula is C13H12BrN3O2. The van der Waals surface area contributed by atoms with Crippen LogP contribution in [0.3, 0.4) is 0 Å². The maximum Gasteiger partial charge on any atom is 0.188 e. The van der Waals surface area contributed by atoms with E-state index < -0.39 is 0 Å². The molecule has 5 nitrogen and oxygen atoms in total. The second-order valence-electron chi connectivity index (χ2n) is 3.75. The van der Waals surface area contributed by atoms with Crippen LogP contribution in [-0.2, 0) is 6.61 Å². The predicted molar refractivity (Wildman–Crippen MR) is 75.2 cm³/mol. The van der Waals surface area contributed by atoms with Gasteiger partial charge in [-0.1, -0.05) is 17.3 Å². The molecule has 0 aliphatic heterocycles. The third kappa shape index (κ3) is 3.45. The summed E-state index contributed by atoms with van der Waals surface area (Å²) >= 11 is 3.41. The molecule has 0 amide bonds. The Morgan fingerprint density at radius 2 is 2.16 bits per heavy atom. The van der Waals surface area contributed by atoms with Crippen LogP contribution in [0.4, 0.5) is 0 Å². The Kier molecular flexibility index (Phi) is 4.35. The number of hydrogen-bond acceptors (Lipinski definition) is 4. The monoisotopic (exact) mass is 321 g/mol. The third-order valence-corrected chi connectivity index (χ3v) is 3.08. The van der Waals surface area contributed by atoms with Gasteiger partial charge in [0.25, 0.3) is 0 Å². The number of oxime groups is 1. The zero-order valence-corrected chi connectivity index (χ0v) is 11.5. The molecule has 0 unspecified atom stereocenters. The van der Waals surface area contributed by atoms with Gasteiger partial charge in [0.2, 0.25) is 0 Å². The molecule has 3 N–H and O–H groups in total. The van der Waals surface area contributed by atoms with Crippen LogP contribution in [0.2, 0.25) is 0 Å². The van der Waals surface area contributed by atoms with Crippen molar-refractivity contribution in [2.45, 2.75) is 6.61 Å². The predicted octanol–water partition coefficient (Wildman–Crippen LogP) is 2.52. The lowest BCUT2D eigenvalue weighted by molar-refractivity contribution is 0.304. The van der Waals surface area contributed by atoms with Gasteiger partial charge in [0.15, 0.2) is 5.84 Å². The van der Waals surface area contributed by atoms with Gasteiger partial charge in [-0.2, -0.15) is 0 Å². The summed E-state index contributed by atoms with van der Waals surface area (Å²) in [4.78, 5) is 4.00. The van der Waals surface area contributed by atoms with Crippen molar-refractivity contribution in [2.24, 2.45) is 10.9 Å². The fourth-order valence-electron chi connectivity index (χ4n) is 1.48. The highest BCUT2D eigenvalue weighted by Gasteiger charge is 2.04. The van der Waals surface area contributed by atoms with Gasteiger partial charge >= 0.3 is 0 Å². The fraction of sp³-hybridized carbons (Fsp3) is 0.0769. The molecule has 1 aromatic heterocycles. The smallest absolute Gasteiger partial charge is 0.188 e. The lowest BCUT2D eigenvalue weighted by atomic mass is 10.2. The standard InChI is InChI=1S/C13H12BrN3O2/c14-10-3-1-2-4-12(10)19-8-9-5-6-16-11(7-9)13(15)17-18/h1-7,18H,8H2,(H2,15,17). The van der Waals surface area contributed by atoms with E-state index in [2.05, 4.69) is 26.1 Å². The number of rotatable bonds is 4. The molecule has 0 fully saturated rings. The second kappa shape index (κ2) is 6.19. The number of nitrogens with two attached hydrogens (primary N) is 1. The highest BCUT2D eigenvalue weighted by atomic mass is 79.9. The van der Waals surface area contributed by atoms with Crippen LogP contribution in [0, 0.1) is 0 Å². The van der Waals surface area contributed by atoms with Gasteiger partial charge in [0.1, 0.15) is 18.1 Å². The maximum absolute atomic E-state index is 8.61. The highest BCUT2D eigenvalue weighted by Crippen LogP contribution is 2.24. The van der Waals surface area contributed by atoms with Gasteiger partial charge in [-0.05, 0) is 45.8 Å². The lowest BCUT2D eigenvalue weighted by Gasteiger charge is -2.08. The van der Waals surface area contributed by atoms with Crippen molar-refractivity contribution in [3.05, 3.63) is 58.3 Å². The number of amidine groups is 1. The van der Waals surface area contributed by atoms with E-state index in [4.69, 9.17) is 15.7 Å². The van der Waals surface area contributed by atoms with Gasteiger partial charge in [-0.3, -0.25) is 4.98 Å². The van der Waals surface area contributed by atoms with Gasteiger partial charge in [0, 0.05) is 6.20 Å². The minimum atomic E-state index is -0.0252. The average Bonchev–Trinajstić information content (AvgIpc) is 2.46. The molecule has 0 aliphatic rings. The van der Waals surface area contributed by atoms with E-state index in [1.165, 1.54) is 0 Å². The average molecular weight is 322 g/mol. The van der Waals surface area contributed by atoms with Crippen molar-refractivity contribution in [2.75, 3.05) is 0 Å². The third-order valence-electron chi connectivity index (χ3n) is 2.43. The number of para-hydroxylation sites is 1. The highest BCUT2D eigenvalue weighted by molar-refractivity contribution is 9.10. The molecule has 2 aromatic rings. The zero-order chi connectivity index (χ0) is 13.7. The molecule has 0 spiro atoms. The zero-order valence-electron chi connectivity index (χ0n) is 9.95. The summed E-state index contributed by atoms with van der Waals surface area (Å²) in [7, 11) is 0. The van der Waals surface area contributed by atoms with E-state index in [0.717, 1.165) is 15.8 Å². The molecule has 19 heavy (non-hydrogen) atoms. The van der Waals surface area contributed by atoms with Crippen molar-refractivity contribution in [3.8, 4) is 5.75 Å². The first-order valence-corrected chi connectivity index (χ1v) is 6.30. The van der Waals surface area contributed by atoms with Crippen molar-refractivity contribution < 1.29 is 9.94 Å². The number of hydrogen-bond donors (Lipinski definition) is 2. The molecule has 0 radical (unpaired) electrons. The lowest BCUT2D eigenvalue weighted by Crippen LogP contribution is -2.15. The molecule has 0 aliphatic carbocycles. The molecule has 1 heterocycles. The van der Waals surface area contributed by atoms with E-state index in [-0.39, 0.29) is 5.84 Å². The summed E-state index contributed by atoms with van der Waals surface area (Å²) in [5, 5.41) is 11.5. The first kappa shape index (κ1) is 13.4. The summed E-state index contributed by atoms with van der Waals surface area (Å²) < 4.78 is 6.56. The first-order chi connectivity index (χ1) is 9.20. The Bertz CT molecular complexity index is 602. The van der Waals surface area contributed by atoms with E-state index in [1.54, 1.807) is 12.3 Å². The Labute approximate surface area is 118 Å². The van der Waals surface area contributed by atoms with Crippen molar-refractivity contribution >= 4 is 21.8 Å². The Morgan fingerprint density at radius 3 is 2.89 bits per heavy atom. The second-order valence-corrected chi connectivity index (χ2v) is 4.61. The normalized spacial score (nSPS) is 11.3. The molecule has 0 saturated heterocycles. The van der Waals surface area contributed by atoms with Gasteiger partial charge in [0.05, 0.1) is 4.47 Å². The molecule has 2 rings (SSSR count). The van der Waals surface area contributed by atoms with Gasteiger partial charge in [-0.25, -0.2) is 0 Å². The molecule has 98 valence electrons. The van der Waals surface area contributed by atoms with Crippen LogP contribution in [-0.4, -0.2) is 16.0 Å². The number of benzene rings is 1. The van der Waals surface area contributed by atoms with E-state index in [0.29, 0.717) is 12.3 Å². The van der Waals surface area contributed by atoms with Crippen molar-refractivity contribution in [1.29, 1.82) is 0 Å². The number of pyridine rings is 1. The number of nitrogens with zero attached hydrogens (tertiary/aromatic N) is 2. The minimum Gasteiger partial charge on any atom is -0.488 e. The van der Waals surface area contributed by atoms with Gasteiger partial charge < -0.3 is 15.7 Å².